The zero-order valence-electron chi connectivity index (χ0n) is 16.1. The van der Waals surface area contributed by atoms with Crippen LogP contribution in [-0.2, 0) is 27.7 Å². The summed E-state index contributed by atoms with van der Waals surface area (Å²) in [4.78, 5) is 14.3. The fourth-order valence-corrected chi connectivity index (χ4v) is 6.15. The van der Waals surface area contributed by atoms with Gasteiger partial charge in [-0.05, 0) is 55.2 Å². The third kappa shape index (κ3) is 3.91. The van der Waals surface area contributed by atoms with E-state index in [1.165, 1.54) is 4.31 Å². The summed E-state index contributed by atoms with van der Waals surface area (Å²) in [6.07, 6.45) is 1.13. The second-order valence-corrected chi connectivity index (χ2v) is 10.3. The summed E-state index contributed by atoms with van der Waals surface area (Å²) < 4.78 is 28.2. The van der Waals surface area contributed by atoms with E-state index in [9.17, 15) is 13.2 Å². The number of benzene rings is 2. The monoisotopic (exact) mass is 452 g/mol. The second-order valence-electron chi connectivity index (χ2n) is 7.60. The van der Waals surface area contributed by atoms with Crippen molar-refractivity contribution in [2.75, 3.05) is 31.1 Å². The third-order valence-corrected chi connectivity index (χ3v) is 8.57. The maximum Gasteiger partial charge on any atom is 0.243 e. The summed E-state index contributed by atoms with van der Waals surface area (Å²) in [6, 6.07) is 10.8. The number of nitrogens with zero attached hydrogens (tertiary/aromatic N) is 2. The molecular weight excluding hydrogens is 431 g/mol. The highest BCUT2D eigenvalue weighted by atomic mass is 35.5. The lowest BCUT2D eigenvalue weighted by Gasteiger charge is -2.35. The van der Waals surface area contributed by atoms with Crippen molar-refractivity contribution in [3.8, 4) is 0 Å². The highest BCUT2D eigenvalue weighted by molar-refractivity contribution is 7.89. The second kappa shape index (κ2) is 7.91. The molecule has 0 N–H and O–H groups in total. The van der Waals surface area contributed by atoms with Crippen LogP contribution in [0.4, 0.5) is 5.69 Å². The first-order chi connectivity index (χ1) is 13.8. The quantitative estimate of drug-likeness (QED) is 0.707. The molecule has 1 fully saturated rings. The molecule has 1 unspecified atom stereocenters. The maximum absolute atomic E-state index is 13.3. The molecule has 0 bridgehead atoms. The van der Waals surface area contributed by atoms with Crippen molar-refractivity contribution < 1.29 is 13.2 Å². The number of Topliss-reactive ketones (excluding diaryl/α,β-unsaturated/α-hetero) is 1. The number of carbonyl (C=O) groups is 1. The van der Waals surface area contributed by atoms with Gasteiger partial charge in [-0.25, -0.2) is 8.42 Å². The fourth-order valence-electron chi connectivity index (χ4n) is 4.15. The minimum atomic E-state index is -3.61. The van der Waals surface area contributed by atoms with Crippen LogP contribution >= 0.6 is 23.2 Å². The molecule has 5 nitrogen and oxygen atoms in total. The predicted molar refractivity (Wildman–Crippen MR) is 115 cm³/mol. The van der Waals surface area contributed by atoms with E-state index >= 15 is 0 Å². The third-order valence-electron chi connectivity index (χ3n) is 5.85. The van der Waals surface area contributed by atoms with Gasteiger partial charge in [0, 0.05) is 37.8 Å². The SMILES string of the molecule is CC(=O)C1Cc2cccc(S(=O)(=O)N3CCN(c4ccc(Cl)c(Cl)c4)CC3)c2C1. The first kappa shape index (κ1) is 20.7. The van der Waals surface area contributed by atoms with Gasteiger partial charge in [0.05, 0.1) is 14.9 Å². The van der Waals surface area contributed by atoms with E-state index in [1.54, 1.807) is 31.2 Å². The maximum atomic E-state index is 13.3. The van der Waals surface area contributed by atoms with Crippen molar-refractivity contribution in [2.24, 2.45) is 5.92 Å². The van der Waals surface area contributed by atoms with Gasteiger partial charge in [0.25, 0.3) is 0 Å². The fraction of sp³-hybridized carbons (Fsp3) is 0.381. The van der Waals surface area contributed by atoms with E-state index in [0.29, 0.717) is 54.0 Å². The molecule has 154 valence electrons. The number of carbonyl (C=O) groups excluding carboxylic acids is 1. The first-order valence-electron chi connectivity index (χ1n) is 9.58. The number of rotatable bonds is 4. The van der Waals surface area contributed by atoms with Crippen LogP contribution in [0.5, 0.6) is 0 Å². The average molecular weight is 453 g/mol. The number of ketones is 1. The molecule has 0 aromatic heterocycles. The highest BCUT2D eigenvalue weighted by Gasteiger charge is 2.34. The highest BCUT2D eigenvalue weighted by Crippen LogP contribution is 2.34. The topological polar surface area (TPSA) is 57.7 Å². The van der Waals surface area contributed by atoms with E-state index in [4.69, 9.17) is 23.2 Å². The van der Waals surface area contributed by atoms with Gasteiger partial charge in [-0.2, -0.15) is 4.31 Å². The summed E-state index contributed by atoms with van der Waals surface area (Å²) in [5, 5.41) is 0.984. The molecule has 2 aliphatic rings. The van der Waals surface area contributed by atoms with Crippen LogP contribution in [0, 0.1) is 5.92 Å². The van der Waals surface area contributed by atoms with Crippen molar-refractivity contribution in [1.82, 2.24) is 4.31 Å². The Bertz CT molecular complexity index is 1060. The van der Waals surface area contributed by atoms with Gasteiger partial charge in [0.15, 0.2) is 0 Å². The smallest absolute Gasteiger partial charge is 0.243 e. The van der Waals surface area contributed by atoms with E-state index < -0.39 is 10.0 Å². The Hall–Kier alpha value is -1.60. The van der Waals surface area contributed by atoms with E-state index in [0.717, 1.165) is 16.8 Å². The molecule has 2 aromatic rings. The number of sulfonamides is 1. The summed E-state index contributed by atoms with van der Waals surface area (Å²) in [5.41, 5.74) is 2.71. The molecule has 1 saturated heterocycles. The standard InChI is InChI=1S/C21H22Cl2N2O3S/c1-14(26)16-11-15-3-2-4-21(18(15)12-16)29(27,28)25-9-7-24(8-10-25)17-5-6-19(22)20(23)13-17/h2-6,13,16H,7-12H2,1H3. The minimum Gasteiger partial charge on any atom is -0.369 e. The van der Waals surface area contributed by atoms with E-state index in [2.05, 4.69) is 4.90 Å². The lowest BCUT2D eigenvalue weighted by atomic mass is 10.0. The first-order valence-corrected chi connectivity index (χ1v) is 11.8. The number of fused-ring (bicyclic) bond motifs is 1. The molecule has 29 heavy (non-hydrogen) atoms. The van der Waals surface area contributed by atoms with Crippen LogP contribution in [0.3, 0.4) is 0 Å². The summed E-state index contributed by atoms with van der Waals surface area (Å²) in [6.45, 7) is 3.50. The zero-order chi connectivity index (χ0) is 20.8. The molecule has 2 aromatic carbocycles. The van der Waals surface area contributed by atoms with Gasteiger partial charge in [-0.1, -0.05) is 35.3 Å². The number of halogens is 2. The Morgan fingerprint density at radius 2 is 1.72 bits per heavy atom. The van der Waals surface area contributed by atoms with E-state index in [-0.39, 0.29) is 11.7 Å². The summed E-state index contributed by atoms with van der Waals surface area (Å²) in [7, 11) is -3.61. The van der Waals surface area contributed by atoms with E-state index in [1.807, 2.05) is 12.1 Å². The van der Waals surface area contributed by atoms with Crippen LogP contribution in [0.2, 0.25) is 10.0 Å². The summed E-state index contributed by atoms with van der Waals surface area (Å²) >= 11 is 12.1. The summed E-state index contributed by atoms with van der Waals surface area (Å²) in [5.74, 6) is -0.00682. The number of hydrogen-bond acceptors (Lipinski definition) is 4. The lowest BCUT2D eigenvalue weighted by molar-refractivity contribution is -0.120. The Balaban J connectivity index is 1.53. The molecule has 0 saturated carbocycles. The Morgan fingerprint density at radius 3 is 2.38 bits per heavy atom. The van der Waals surface area contributed by atoms with Crippen LogP contribution in [0.15, 0.2) is 41.3 Å². The molecular formula is C21H22Cl2N2O3S. The van der Waals surface area contributed by atoms with Crippen molar-refractivity contribution in [3.63, 3.8) is 0 Å². The van der Waals surface area contributed by atoms with Crippen LogP contribution < -0.4 is 4.90 Å². The molecule has 1 heterocycles. The number of piperazine rings is 1. The molecule has 8 heteroatoms. The molecule has 0 spiro atoms. The largest absolute Gasteiger partial charge is 0.369 e. The molecule has 0 amide bonds. The Labute approximate surface area is 181 Å². The number of hydrogen-bond donors (Lipinski definition) is 0. The minimum absolute atomic E-state index is 0.111. The van der Waals surface area contributed by atoms with Crippen molar-refractivity contribution in [3.05, 3.63) is 57.6 Å². The average Bonchev–Trinajstić information content (AvgIpc) is 3.15. The molecule has 4 rings (SSSR count). The van der Waals surface area contributed by atoms with Gasteiger partial charge >= 0.3 is 0 Å². The Kier molecular flexibility index (Phi) is 5.64. The molecule has 1 aliphatic carbocycles. The van der Waals surface area contributed by atoms with Gasteiger partial charge < -0.3 is 4.90 Å². The van der Waals surface area contributed by atoms with Crippen molar-refractivity contribution >= 4 is 44.7 Å². The van der Waals surface area contributed by atoms with Crippen LogP contribution in [0.25, 0.3) is 0 Å². The van der Waals surface area contributed by atoms with Gasteiger partial charge in [-0.3, -0.25) is 4.79 Å². The normalized spacial score (nSPS) is 20.0. The Morgan fingerprint density at radius 1 is 1.00 bits per heavy atom. The van der Waals surface area contributed by atoms with Gasteiger partial charge in [0.2, 0.25) is 10.0 Å². The zero-order valence-corrected chi connectivity index (χ0v) is 18.4. The number of anilines is 1. The molecule has 1 aliphatic heterocycles. The predicted octanol–water partition coefficient (Wildman–Crippen LogP) is 3.81. The van der Waals surface area contributed by atoms with Gasteiger partial charge in [-0.15, -0.1) is 0 Å². The molecule has 1 atom stereocenters. The molecule has 0 radical (unpaired) electrons. The van der Waals surface area contributed by atoms with Gasteiger partial charge in [0.1, 0.15) is 5.78 Å². The van der Waals surface area contributed by atoms with Crippen LogP contribution in [0.1, 0.15) is 18.1 Å². The lowest BCUT2D eigenvalue weighted by Crippen LogP contribution is -2.48. The van der Waals surface area contributed by atoms with Crippen molar-refractivity contribution in [2.45, 2.75) is 24.7 Å². The van der Waals surface area contributed by atoms with Crippen LogP contribution in [-0.4, -0.2) is 44.7 Å². The van der Waals surface area contributed by atoms with Crippen molar-refractivity contribution in [1.29, 1.82) is 0 Å².